The molecule has 0 spiro atoms. The fourth-order valence-electron chi connectivity index (χ4n) is 2.17. The zero-order valence-corrected chi connectivity index (χ0v) is 12.0. The van der Waals surface area contributed by atoms with Crippen molar-refractivity contribution in [2.24, 2.45) is 4.99 Å². The number of halogens is 1. The maximum atomic E-state index is 6.13. The Bertz CT molecular complexity index is 503. The maximum absolute atomic E-state index is 6.13. The molecule has 2 rings (SSSR count). The van der Waals surface area contributed by atoms with Crippen molar-refractivity contribution in [2.45, 2.75) is 33.6 Å². The van der Waals surface area contributed by atoms with Crippen molar-refractivity contribution >= 4 is 23.1 Å². The number of rotatable bonds is 2. The van der Waals surface area contributed by atoms with E-state index in [-0.39, 0.29) is 0 Å². The lowest BCUT2D eigenvalue weighted by Crippen LogP contribution is -2.22. The van der Waals surface area contributed by atoms with Gasteiger partial charge in [-0.1, -0.05) is 23.7 Å². The second-order valence-corrected chi connectivity index (χ2v) is 5.00. The van der Waals surface area contributed by atoms with E-state index in [4.69, 9.17) is 16.6 Å². The molecule has 0 atom stereocenters. The van der Waals surface area contributed by atoms with Gasteiger partial charge in [-0.3, -0.25) is 0 Å². The van der Waals surface area contributed by atoms with Gasteiger partial charge in [-0.15, -0.1) is 0 Å². The molecule has 1 aliphatic heterocycles. The van der Waals surface area contributed by atoms with Gasteiger partial charge in [0.25, 0.3) is 0 Å². The van der Waals surface area contributed by atoms with E-state index < -0.39 is 0 Å². The van der Waals surface area contributed by atoms with Crippen LogP contribution in [0.25, 0.3) is 0 Å². The molecule has 96 valence electrons. The summed E-state index contributed by atoms with van der Waals surface area (Å²) in [5.74, 6) is 1.15. The molecule has 0 bridgehead atoms. The van der Waals surface area contributed by atoms with Crippen LogP contribution in [-0.2, 0) is 0 Å². The fraction of sp³-hybridized carbons (Fsp3) is 0.400. The molecule has 1 aromatic rings. The average molecular weight is 263 g/mol. The van der Waals surface area contributed by atoms with Crippen LogP contribution in [0.4, 0.5) is 5.69 Å². The number of hydrogen-bond acceptors (Lipinski definition) is 1. The maximum Gasteiger partial charge on any atom is 0.109 e. The Morgan fingerprint density at radius 3 is 2.94 bits per heavy atom. The van der Waals surface area contributed by atoms with Crippen LogP contribution in [-0.4, -0.2) is 17.3 Å². The summed E-state index contributed by atoms with van der Waals surface area (Å²) in [4.78, 5) is 7.08. The van der Waals surface area contributed by atoms with Crippen molar-refractivity contribution in [3.8, 4) is 0 Å². The highest BCUT2D eigenvalue weighted by Gasteiger charge is 2.19. The Morgan fingerprint density at radius 2 is 2.22 bits per heavy atom. The zero-order chi connectivity index (χ0) is 13.1. The highest BCUT2D eigenvalue weighted by atomic mass is 35.5. The Hall–Kier alpha value is -1.28. The molecule has 18 heavy (non-hydrogen) atoms. The first-order valence-electron chi connectivity index (χ1n) is 6.36. The van der Waals surface area contributed by atoms with Crippen molar-refractivity contribution < 1.29 is 0 Å². The Labute approximate surface area is 114 Å². The first kappa shape index (κ1) is 13.2. The summed E-state index contributed by atoms with van der Waals surface area (Å²) in [6.45, 7) is 7.28. The first-order valence-corrected chi connectivity index (χ1v) is 6.74. The SMILES string of the molecule is C/C=C(/C)N1CCCC1=Nc1cccc(Cl)c1C. The normalized spacial score (nSPS) is 18.8. The number of benzene rings is 1. The lowest BCUT2D eigenvalue weighted by molar-refractivity contribution is 0.555. The lowest BCUT2D eigenvalue weighted by Gasteiger charge is -2.19. The van der Waals surface area contributed by atoms with Crippen LogP contribution in [0, 0.1) is 6.92 Å². The molecule has 1 heterocycles. The van der Waals surface area contributed by atoms with Crippen LogP contribution in [0.1, 0.15) is 32.3 Å². The first-order chi connectivity index (χ1) is 8.63. The smallest absolute Gasteiger partial charge is 0.109 e. The lowest BCUT2D eigenvalue weighted by atomic mass is 10.2. The molecule has 0 unspecified atom stereocenters. The van der Waals surface area contributed by atoms with Crippen LogP contribution in [0.15, 0.2) is 35.0 Å². The predicted octanol–water partition coefficient (Wildman–Crippen LogP) is 4.70. The van der Waals surface area contributed by atoms with Crippen molar-refractivity contribution in [3.05, 3.63) is 40.6 Å². The summed E-state index contributed by atoms with van der Waals surface area (Å²) in [7, 11) is 0. The number of hydrogen-bond donors (Lipinski definition) is 0. The highest BCUT2D eigenvalue weighted by Crippen LogP contribution is 2.28. The number of amidine groups is 1. The third kappa shape index (κ3) is 2.59. The number of allylic oxidation sites excluding steroid dienone is 2. The third-order valence-electron chi connectivity index (χ3n) is 3.43. The summed E-state index contributed by atoms with van der Waals surface area (Å²) in [5.41, 5.74) is 3.30. The van der Waals surface area contributed by atoms with E-state index in [1.54, 1.807) is 0 Å². The van der Waals surface area contributed by atoms with Gasteiger partial charge < -0.3 is 4.90 Å². The predicted molar refractivity (Wildman–Crippen MR) is 78.7 cm³/mol. The van der Waals surface area contributed by atoms with E-state index in [1.807, 2.05) is 25.1 Å². The molecule has 1 aliphatic rings. The molecule has 2 nitrogen and oxygen atoms in total. The second kappa shape index (κ2) is 5.57. The molecule has 0 amide bonds. The minimum Gasteiger partial charge on any atom is -0.334 e. The van der Waals surface area contributed by atoms with Gasteiger partial charge in [-0.25, -0.2) is 4.99 Å². The van der Waals surface area contributed by atoms with Gasteiger partial charge in [0.15, 0.2) is 0 Å². The molecule has 0 aliphatic carbocycles. The Morgan fingerprint density at radius 1 is 1.44 bits per heavy atom. The van der Waals surface area contributed by atoms with Crippen molar-refractivity contribution in [3.63, 3.8) is 0 Å². The van der Waals surface area contributed by atoms with Crippen molar-refractivity contribution in [1.29, 1.82) is 0 Å². The topological polar surface area (TPSA) is 15.6 Å². The van der Waals surface area contributed by atoms with Crippen LogP contribution in [0.3, 0.4) is 0 Å². The van der Waals surface area contributed by atoms with Crippen LogP contribution < -0.4 is 0 Å². The largest absolute Gasteiger partial charge is 0.334 e. The molecular weight excluding hydrogens is 244 g/mol. The quantitative estimate of drug-likeness (QED) is 0.754. The number of nitrogens with zero attached hydrogens (tertiary/aromatic N) is 2. The molecule has 3 heteroatoms. The molecule has 1 aromatic carbocycles. The van der Waals surface area contributed by atoms with Gasteiger partial charge in [0, 0.05) is 23.7 Å². The molecule has 0 aromatic heterocycles. The van der Waals surface area contributed by atoms with Crippen LogP contribution in [0.5, 0.6) is 0 Å². The number of likely N-dealkylation sites (tertiary alicyclic amines) is 1. The fourth-order valence-corrected chi connectivity index (χ4v) is 2.34. The van der Waals surface area contributed by atoms with Gasteiger partial charge in [-0.05, 0) is 44.9 Å². The molecule has 0 N–H and O–H groups in total. The molecule has 1 fully saturated rings. The number of aliphatic imine (C=N–C) groups is 1. The van der Waals surface area contributed by atoms with E-state index in [0.29, 0.717) is 0 Å². The summed E-state index contributed by atoms with van der Waals surface area (Å²) >= 11 is 6.13. The minimum absolute atomic E-state index is 0.782. The third-order valence-corrected chi connectivity index (χ3v) is 3.84. The molecule has 0 saturated carbocycles. The minimum atomic E-state index is 0.782. The summed E-state index contributed by atoms with van der Waals surface area (Å²) in [6.07, 6.45) is 4.34. The van der Waals surface area contributed by atoms with E-state index in [0.717, 1.165) is 35.1 Å². The monoisotopic (exact) mass is 262 g/mol. The summed E-state index contributed by atoms with van der Waals surface area (Å²) in [6, 6.07) is 5.89. The average Bonchev–Trinajstić information content (AvgIpc) is 2.82. The Balaban J connectivity index is 2.35. The molecule has 0 radical (unpaired) electrons. The molecular formula is C15H19ClN2. The zero-order valence-electron chi connectivity index (χ0n) is 11.2. The van der Waals surface area contributed by atoms with Crippen LogP contribution in [0.2, 0.25) is 5.02 Å². The van der Waals surface area contributed by atoms with Gasteiger partial charge in [0.1, 0.15) is 5.84 Å². The van der Waals surface area contributed by atoms with E-state index in [9.17, 15) is 0 Å². The van der Waals surface area contributed by atoms with Gasteiger partial charge in [-0.2, -0.15) is 0 Å². The van der Waals surface area contributed by atoms with Crippen molar-refractivity contribution in [2.75, 3.05) is 6.54 Å². The summed E-state index contributed by atoms with van der Waals surface area (Å²) in [5, 5.41) is 0.782. The van der Waals surface area contributed by atoms with E-state index in [1.165, 1.54) is 12.1 Å². The second-order valence-electron chi connectivity index (χ2n) is 4.60. The summed E-state index contributed by atoms with van der Waals surface area (Å²) < 4.78 is 0. The Kier molecular flexibility index (Phi) is 4.07. The van der Waals surface area contributed by atoms with Crippen LogP contribution >= 0.6 is 11.6 Å². The van der Waals surface area contributed by atoms with Gasteiger partial charge in [0.2, 0.25) is 0 Å². The highest BCUT2D eigenvalue weighted by molar-refractivity contribution is 6.31. The van der Waals surface area contributed by atoms with Gasteiger partial charge in [0.05, 0.1) is 5.69 Å². The van der Waals surface area contributed by atoms with E-state index >= 15 is 0 Å². The standard InChI is InChI=1S/C15H19ClN2/c1-4-11(2)18-10-6-9-15(18)17-14-8-5-7-13(16)12(14)3/h4-5,7-8H,6,9-10H2,1-3H3/b11-4-,17-15?. The molecule has 1 saturated heterocycles. The van der Waals surface area contributed by atoms with Crippen molar-refractivity contribution in [1.82, 2.24) is 4.90 Å². The van der Waals surface area contributed by atoms with Gasteiger partial charge >= 0.3 is 0 Å². The van der Waals surface area contributed by atoms with E-state index in [2.05, 4.69) is 24.8 Å².